The molecule has 0 aromatic heterocycles. The number of amides is 1. The van der Waals surface area contributed by atoms with Crippen LogP contribution >= 0.6 is 0 Å². The molecule has 0 bridgehead atoms. The van der Waals surface area contributed by atoms with Crippen molar-refractivity contribution in [3.63, 3.8) is 0 Å². The van der Waals surface area contributed by atoms with E-state index in [0.29, 0.717) is 13.0 Å². The molecular formula is C18H19NO4. The van der Waals surface area contributed by atoms with E-state index in [-0.39, 0.29) is 12.3 Å². The minimum atomic E-state index is -1.04. The van der Waals surface area contributed by atoms with Gasteiger partial charge in [-0.05, 0) is 29.2 Å². The normalized spacial score (nSPS) is 18.7. The Hall–Kier alpha value is -2.40. The van der Waals surface area contributed by atoms with Gasteiger partial charge in [-0.1, -0.05) is 42.5 Å². The third-order valence-corrected chi connectivity index (χ3v) is 4.14. The molecule has 1 amide bonds. The van der Waals surface area contributed by atoms with E-state index in [0.717, 1.165) is 22.8 Å². The molecule has 5 nitrogen and oxygen atoms in total. The molecule has 2 atom stereocenters. The van der Waals surface area contributed by atoms with E-state index in [1.54, 1.807) is 0 Å². The molecule has 1 aliphatic heterocycles. The Morgan fingerprint density at radius 1 is 1.22 bits per heavy atom. The Labute approximate surface area is 134 Å². The summed E-state index contributed by atoms with van der Waals surface area (Å²) in [5.74, 6) is -1.38. The van der Waals surface area contributed by atoms with Gasteiger partial charge in [0.1, 0.15) is 12.1 Å². The summed E-state index contributed by atoms with van der Waals surface area (Å²) in [6.07, 6.45) is 1.20. The predicted molar refractivity (Wildman–Crippen MR) is 86.2 cm³/mol. The first-order valence-electron chi connectivity index (χ1n) is 7.76. The van der Waals surface area contributed by atoms with Crippen molar-refractivity contribution in [2.45, 2.75) is 31.4 Å². The summed E-state index contributed by atoms with van der Waals surface area (Å²) >= 11 is 0. The fraction of sp³-hybridized carbons (Fsp3) is 0.333. The lowest BCUT2D eigenvalue weighted by molar-refractivity contribution is -0.143. The van der Waals surface area contributed by atoms with Crippen LogP contribution in [-0.4, -0.2) is 35.7 Å². The standard InChI is InChI=1S/C18H19NO4/c20-17(16-9-4-10-23-16)19-15(18(21)22)11-13-7-3-6-12-5-1-2-8-14(12)13/h1-3,5-8,15-16H,4,9-11H2,(H,19,20)(H,21,22)/t15-,16-/m1/s1. The van der Waals surface area contributed by atoms with E-state index in [9.17, 15) is 14.7 Å². The minimum Gasteiger partial charge on any atom is -0.480 e. The van der Waals surface area contributed by atoms with Crippen molar-refractivity contribution >= 4 is 22.6 Å². The molecule has 0 saturated carbocycles. The first kappa shape index (κ1) is 15.5. The van der Waals surface area contributed by atoms with Crippen LogP contribution in [0.1, 0.15) is 18.4 Å². The molecule has 0 aliphatic carbocycles. The van der Waals surface area contributed by atoms with Gasteiger partial charge >= 0.3 is 5.97 Å². The summed E-state index contributed by atoms with van der Waals surface area (Å²) < 4.78 is 5.31. The quantitative estimate of drug-likeness (QED) is 0.886. The molecule has 0 unspecified atom stereocenters. The maximum Gasteiger partial charge on any atom is 0.326 e. The second kappa shape index (κ2) is 6.79. The van der Waals surface area contributed by atoms with Gasteiger partial charge in [0, 0.05) is 13.0 Å². The maximum atomic E-state index is 12.1. The van der Waals surface area contributed by atoms with Crippen molar-refractivity contribution in [2.24, 2.45) is 0 Å². The van der Waals surface area contributed by atoms with Crippen LogP contribution in [0.2, 0.25) is 0 Å². The van der Waals surface area contributed by atoms with E-state index < -0.39 is 18.1 Å². The van der Waals surface area contributed by atoms with Crippen molar-refractivity contribution in [1.29, 1.82) is 0 Å². The van der Waals surface area contributed by atoms with Gasteiger partial charge in [0.15, 0.2) is 0 Å². The van der Waals surface area contributed by atoms with Crippen LogP contribution in [0.5, 0.6) is 0 Å². The molecule has 2 aromatic rings. The van der Waals surface area contributed by atoms with E-state index in [4.69, 9.17) is 4.74 Å². The maximum absolute atomic E-state index is 12.1. The molecule has 1 aliphatic rings. The Morgan fingerprint density at radius 3 is 2.74 bits per heavy atom. The molecule has 0 radical (unpaired) electrons. The van der Waals surface area contributed by atoms with Gasteiger partial charge in [-0.3, -0.25) is 4.79 Å². The molecule has 5 heteroatoms. The van der Waals surface area contributed by atoms with Gasteiger partial charge in [-0.15, -0.1) is 0 Å². The Balaban J connectivity index is 1.78. The van der Waals surface area contributed by atoms with Gasteiger partial charge in [0.05, 0.1) is 0 Å². The van der Waals surface area contributed by atoms with Crippen LogP contribution < -0.4 is 5.32 Å². The van der Waals surface area contributed by atoms with Crippen LogP contribution in [0.3, 0.4) is 0 Å². The number of carbonyl (C=O) groups excluding carboxylic acids is 1. The zero-order valence-corrected chi connectivity index (χ0v) is 12.7. The number of ether oxygens (including phenoxy) is 1. The number of hydrogen-bond donors (Lipinski definition) is 2. The lowest BCUT2D eigenvalue weighted by Gasteiger charge is -2.18. The largest absolute Gasteiger partial charge is 0.480 e. The number of carbonyl (C=O) groups is 2. The molecular weight excluding hydrogens is 294 g/mol. The molecule has 1 saturated heterocycles. The number of aliphatic carboxylic acids is 1. The zero-order valence-electron chi connectivity index (χ0n) is 12.7. The van der Waals surface area contributed by atoms with Gasteiger partial charge in [0.25, 0.3) is 0 Å². The van der Waals surface area contributed by atoms with E-state index in [1.165, 1.54) is 0 Å². The molecule has 3 rings (SSSR count). The van der Waals surface area contributed by atoms with Crippen LogP contribution in [-0.2, 0) is 20.7 Å². The van der Waals surface area contributed by atoms with Gasteiger partial charge in [-0.25, -0.2) is 4.79 Å². The number of rotatable bonds is 5. The summed E-state index contributed by atoms with van der Waals surface area (Å²) in [4.78, 5) is 23.6. The van der Waals surface area contributed by atoms with Crippen molar-refractivity contribution < 1.29 is 19.4 Å². The first-order chi connectivity index (χ1) is 11.1. The predicted octanol–water partition coefficient (Wildman–Crippen LogP) is 2.13. The number of carboxylic acid groups (broad SMARTS) is 1. The summed E-state index contributed by atoms with van der Waals surface area (Å²) in [7, 11) is 0. The molecule has 1 heterocycles. The van der Waals surface area contributed by atoms with Crippen molar-refractivity contribution in [2.75, 3.05) is 6.61 Å². The zero-order chi connectivity index (χ0) is 16.2. The fourth-order valence-corrected chi connectivity index (χ4v) is 2.94. The third kappa shape index (κ3) is 3.51. The van der Waals surface area contributed by atoms with Gasteiger partial charge in [0.2, 0.25) is 5.91 Å². The molecule has 120 valence electrons. The highest BCUT2D eigenvalue weighted by Gasteiger charge is 2.28. The number of nitrogens with one attached hydrogen (secondary N) is 1. The molecule has 2 aromatic carbocycles. The fourth-order valence-electron chi connectivity index (χ4n) is 2.94. The minimum absolute atomic E-state index is 0.245. The van der Waals surface area contributed by atoms with E-state index >= 15 is 0 Å². The smallest absolute Gasteiger partial charge is 0.326 e. The van der Waals surface area contributed by atoms with E-state index in [2.05, 4.69) is 5.32 Å². The number of hydrogen-bond acceptors (Lipinski definition) is 3. The second-order valence-electron chi connectivity index (χ2n) is 5.74. The summed E-state index contributed by atoms with van der Waals surface area (Å²) in [5, 5.41) is 14.1. The number of fused-ring (bicyclic) bond motifs is 1. The first-order valence-corrected chi connectivity index (χ1v) is 7.76. The number of benzene rings is 2. The lowest BCUT2D eigenvalue weighted by atomic mass is 9.98. The summed E-state index contributed by atoms with van der Waals surface area (Å²) in [5.41, 5.74) is 0.906. The number of carboxylic acids is 1. The average Bonchev–Trinajstić information content (AvgIpc) is 3.09. The highest BCUT2D eigenvalue weighted by atomic mass is 16.5. The molecule has 0 spiro atoms. The van der Waals surface area contributed by atoms with Crippen LogP contribution in [0.4, 0.5) is 0 Å². The Kier molecular flexibility index (Phi) is 4.57. The lowest BCUT2D eigenvalue weighted by Crippen LogP contribution is -2.46. The Morgan fingerprint density at radius 2 is 2.00 bits per heavy atom. The van der Waals surface area contributed by atoms with Crippen LogP contribution in [0, 0.1) is 0 Å². The monoisotopic (exact) mass is 313 g/mol. The highest BCUT2D eigenvalue weighted by Crippen LogP contribution is 2.20. The topological polar surface area (TPSA) is 75.6 Å². The highest BCUT2D eigenvalue weighted by molar-refractivity contribution is 5.89. The Bertz CT molecular complexity index is 717. The van der Waals surface area contributed by atoms with Crippen LogP contribution in [0.15, 0.2) is 42.5 Å². The van der Waals surface area contributed by atoms with Gasteiger partial charge in [-0.2, -0.15) is 0 Å². The van der Waals surface area contributed by atoms with Crippen molar-refractivity contribution in [3.05, 3.63) is 48.0 Å². The average molecular weight is 313 g/mol. The summed E-state index contributed by atoms with van der Waals surface area (Å²) in [6, 6.07) is 12.6. The summed E-state index contributed by atoms with van der Waals surface area (Å²) in [6.45, 7) is 0.555. The SMILES string of the molecule is O=C(O)[C@@H](Cc1cccc2ccccc12)NC(=O)[C@H]1CCCO1. The second-order valence-corrected chi connectivity index (χ2v) is 5.74. The molecule has 2 N–H and O–H groups in total. The molecule has 23 heavy (non-hydrogen) atoms. The van der Waals surface area contributed by atoms with Crippen molar-refractivity contribution in [1.82, 2.24) is 5.32 Å². The third-order valence-electron chi connectivity index (χ3n) is 4.14. The molecule has 1 fully saturated rings. The van der Waals surface area contributed by atoms with Crippen LogP contribution in [0.25, 0.3) is 10.8 Å². The van der Waals surface area contributed by atoms with E-state index in [1.807, 2.05) is 42.5 Å². The van der Waals surface area contributed by atoms with Gasteiger partial charge < -0.3 is 15.2 Å². The van der Waals surface area contributed by atoms with Crippen molar-refractivity contribution in [3.8, 4) is 0 Å².